The number of aromatic nitrogens is 1. The monoisotopic (exact) mass is 388 g/mol. The molecule has 0 aliphatic rings. The molecule has 0 fully saturated rings. The van der Waals surface area contributed by atoms with E-state index in [-0.39, 0.29) is 34.0 Å². The first kappa shape index (κ1) is 17.1. The smallest absolute Gasteiger partial charge is 0.266 e. The van der Waals surface area contributed by atoms with Gasteiger partial charge in [0, 0.05) is 0 Å². The van der Waals surface area contributed by atoms with E-state index in [2.05, 4.69) is 10.3 Å². The Balaban J connectivity index is 1.76. The van der Waals surface area contributed by atoms with Crippen LogP contribution in [0.2, 0.25) is 0 Å². The van der Waals surface area contributed by atoms with Crippen LogP contribution in [0.4, 0.5) is 10.3 Å². The zero-order valence-electron chi connectivity index (χ0n) is 13.8. The Bertz CT molecular complexity index is 1130. The molecule has 4 aromatic rings. The fourth-order valence-corrected chi connectivity index (χ4v) is 3.69. The Kier molecular flexibility index (Phi) is 4.28. The van der Waals surface area contributed by atoms with Crippen molar-refractivity contribution in [3.05, 3.63) is 72.6 Å². The predicted molar refractivity (Wildman–Crippen MR) is 92.1 cm³/mol. The number of halogens is 1. The molecule has 0 aliphatic heterocycles. The fourth-order valence-electron chi connectivity index (χ4n) is 2.41. The van der Waals surface area contributed by atoms with Crippen molar-refractivity contribution in [3.63, 3.8) is 0 Å². The molecule has 7 nitrogen and oxygen atoms in total. The summed E-state index contributed by atoms with van der Waals surface area (Å²) >= 11 is 0. The van der Waals surface area contributed by atoms with E-state index in [0.29, 0.717) is 5.76 Å². The maximum atomic E-state index is 13.2. The van der Waals surface area contributed by atoms with Gasteiger partial charge in [-0.05, 0) is 48.5 Å². The van der Waals surface area contributed by atoms with Crippen LogP contribution >= 0.6 is 0 Å². The molecule has 0 saturated carbocycles. The largest absolute Gasteiger partial charge is 0.467 e. The average molecular weight is 388 g/mol. The van der Waals surface area contributed by atoms with Crippen molar-refractivity contribution in [1.82, 2.24) is 4.98 Å². The van der Waals surface area contributed by atoms with Crippen LogP contribution in [0.3, 0.4) is 0 Å². The van der Waals surface area contributed by atoms with Gasteiger partial charge >= 0.3 is 0 Å². The molecule has 0 bridgehead atoms. The molecule has 0 radical (unpaired) electrons. The van der Waals surface area contributed by atoms with Crippen LogP contribution in [0.5, 0.6) is 0 Å². The lowest BCUT2D eigenvalue weighted by Gasteiger charge is -2.05. The topological polar surface area (TPSA) is 98.5 Å². The SMILES string of the molecule is O=S(=O)(c1ccc(F)cc1)c1nc(-c2ccco2)oc1NCc1ccco1. The molecular formula is C18H13FN2O5S. The van der Waals surface area contributed by atoms with Crippen LogP contribution in [0.1, 0.15) is 5.76 Å². The number of hydrogen-bond acceptors (Lipinski definition) is 7. The van der Waals surface area contributed by atoms with Crippen molar-refractivity contribution in [2.24, 2.45) is 0 Å². The van der Waals surface area contributed by atoms with E-state index in [0.717, 1.165) is 12.1 Å². The van der Waals surface area contributed by atoms with Gasteiger partial charge < -0.3 is 18.6 Å². The molecule has 0 atom stereocenters. The number of anilines is 1. The minimum Gasteiger partial charge on any atom is -0.467 e. The van der Waals surface area contributed by atoms with E-state index in [4.69, 9.17) is 13.3 Å². The summed E-state index contributed by atoms with van der Waals surface area (Å²) in [6.45, 7) is 0.186. The summed E-state index contributed by atoms with van der Waals surface area (Å²) < 4.78 is 55.1. The highest BCUT2D eigenvalue weighted by Gasteiger charge is 2.29. The molecule has 0 spiro atoms. The quantitative estimate of drug-likeness (QED) is 0.496. The van der Waals surface area contributed by atoms with Gasteiger partial charge in [-0.2, -0.15) is 4.98 Å². The first-order valence-electron chi connectivity index (χ1n) is 7.85. The molecule has 3 heterocycles. The average Bonchev–Trinajstić information content (AvgIpc) is 3.40. The van der Waals surface area contributed by atoms with Gasteiger partial charge in [0.2, 0.25) is 20.7 Å². The van der Waals surface area contributed by atoms with E-state index < -0.39 is 15.7 Å². The Hall–Kier alpha value is -3.33. The number of hydrogen-bond donors (Lipinski definition) is 1. The van der Waals surface area contributed by atoms with Gasteiger partial charge in [0.1, 0.15) is 11.6 Å². The maximum absolute atomic E-state index is 13.2. The van der Waals surface area contributed by atoms with E-state index in [1.165, 1.54) is 24.7 Å². The third-order valence-corrected chi connectivity index (χ3v) is 5.39. The van der Waals surface area contributed by atoms with E-state index in [1.807, 2.05) is 0 Å². The van der Waals surface area contributed by atoms with Crippen LogP contribution < -0.4 is 5.32 Å². The number of oxazole rings is 1. The molecule has 9 heteroatoms. The summed E-state index contributed by atoms with van der Waals surface area (Å²) in [7, 11) is -4.05. The van der Waals surface area contributed by atoms with E-state index in [9.17, 15) is 12.8 Å². The Labute approximate surface area is 153 Å². The number of furan rings is 2. The third kappa shape index (κ3) is 3.36. The minimum atomic E-state index is -4.05. The highest BCUT2D eigenvalue weighted by molar-refractivity contribution is 7.91. The number of rotatable bonds is 6. The van der Waals surface area contributed by atoms with Gasteiger partial charge in [0.25, 0.3) is 5.89 Å². The van der Waals surface area contributed by atoms with Crippen molar-refractivity contribution >= 4 is 15.7 Å². The van der Waals surface area contributed by atoms with Crippen LogP contribution in [0.25, 0.3) is 11.7 Å². The number of nitrogens with one attached hydrogen (secondary N) is 1. The number of sulfone groups is 1. The summed E-state index contributed by atoms with van der Waals surface area (Å²) in [6, 6.07) is 11.1. The van der Waals surface area contributed by atoms with Crippen molar-refractivity contribution in [1.29, 1.82) is 0 Å². The summed E-state index contributed by atoms with van der Waals surface area (Å²) in [5.74, 6) is 0.249. The summed E-state index contributed by atoms with van der Waals surface area (Å²) in [5.41, 5.74) is 0. The Morgan fingerprint density at radius 2 is 1.74 bits per heavy atom. The molecule has 138 valence electrons. The molecular weight excluding hydrogens is 375 g/mol. The summed E-state index contributed by atoms with van der Waals surface area (Å²) in [6.07, 6.45) is 2.92. The van der Waals surface area contributed by atoms with Crippen LogP contribution in [-0.2, 0) is 16.4 Å². The Morgan fingerprint density at radius 1 is 1.00 bits per heavy atom. The van der Waals surface area contributed by atoms with Crippen molar-refractivity contribution in [2.45, 2.75) is 16.5 Å². The normalized spacial score (nSPS) is 11.6. The lowest BCUT2D eigenvalue weighted by atomic mass is 10.4. The zero-order chi connectivity index (χ0) is 18.9. The summed E-state index contributed by atoms with van der Waals surface area (Å²) in [4.78, 5) is 3.98. The van der Waals surface area contributed by atoms with Crippen LogP contribution in [0.15, 0.2) is 84.2 Å². The van der Waals surface area contributed by atoms with Gasteiger partial charge in [-0.25, -0.2) is 12.8 Å². The second-order valence-corrected chi connectivity index (χ2v) is 7.39. The second-order valence-electron chi connectivity index (χ2n) is 5.52. The molecule has 4 rings (SSSR count). The fraction of sp³-hybridized carbons (Fsp3) is 0.0556. The first-order chi connectivity index (χ1) is 13.0. The second kappa shape index (κ2) is 6.76. The van der Waals surface area contributed by atoms with Gasteiger partial charge in [-0.1, -0.05) is 0 Å². The van der Waals surface area contributed by atoms with Gasteiger partial charge in [0.15, 0.2) is 5.76 Å². The van der Waals surface area contributed by atoms with E-state index >= 15 is 0 Å². The molecule has 0 amide bonds. The van der Waals surface area contributed by atoms with Crippen molar-refractivity contribution < 1.29 is 26.1 Å². The predicted octanol–water partition coefficient (Wildman–Crippen LogP) is 4.11. The van der Waals surface area contributed by atoms with Gasteiger partial charge in [-0.3, -0.25) is 0 Å². The van der Waals surface area contributed by atoms with Crippen molar-refractivity contribution in [2.75, 3.05) is 5.32 Å². The number of benzene rings is 1. The molecule has 0 aliphatic carbocycles. The lowest BCUT2D eigenvalue weighted by Crippen LogP contribution is -2.07. The first-order valence-corrected chi connectivity index (χ1v) is 9.34. The van der Waals surface area contributed by atoms with Gasteiger partial charge in [-0.15, -0.1) is 0 Å². The minimum absolute atomic E-state index is 0.00244. The summed E-state index contributed by atoms with van der Waals surface area (Å²) in [5, 5.41) is 2.54. The highest BCUT2D eigenvalue weighted by atomic mass is 32.2. The molecule has 3 aromatic heterocycles. The molecule has 0 saturated heterocycles. The van der Waals surface area contributed by atoms with Crippen LogP contribution in [0, 0.1) is 5.82 Å². The van der Waals surface area contributed by atoms with E-state index in [1.54, 1.807) is 24.3 Å². The van der Waals surface area contributed by atoms with Crippen LogP contribution in [-0.4, -0.2) is 13.4 Å². The zero-order valence-corrected chi connectivity index (χ0v) is 14.6. The molecule has 1 aromatic carbocycles. The lowest BCUT2D eigenvalue weighted by molar-refractivity contribution is 0.504. The Morgan fingerprint density at radius 3 is 2.41 bits per heavy atom. The maximum Gasteiger partial charge on any atom is 0.266 e. The van der Waals surface area contributed by atoms with Crippen molar-refractivity contribution in [3.8, 4) is 11.7 Å². The third-order valence-electron chi connectivity index (χ3n) is 3.71. The molecule has 0 unspecified atom stereocenters. The van der Waals surface area contributed by atoms with Gasteiger partial charge in [0.05, 0.1) is 24.0 Å². The standard InChI is InChI=1S/C18H13FN2O5S/c19-12-5-7-14(8-6-12)27(22,23)18-17(20-11-13-3-1-9-24-13)26-16(21-18)15-4-2-10-25-15/h1-10,20H,11H2. The highest BCUT2D eigenvalue weighted by Crippen LogP contribution is 2.32. The molecule has 1 N–H and O–H groups in total. The molecule has 27 heavy (non-hydrogen) atoms. The number of nitrogens with zero attached hydrogens (tertiary/aromatic N) is 1.